The Hall–Kier alpha value is -5.84. The first-order chi connectivity index (χ1) is 25.5. The molecule has 2 fully saturated rings. The molecular weight excluding hydrogens is 682 g/mol. The number of hydroxylamine groups is 2. The van der Waals surface area contributed by atoms with Crippen molar-refractivity contribution in [2.45, 2.75) is 90.3 Å². The summed E-state index contributed by atoms with van der Waals surface area (Å²) >= 11 is 0. The number of ketones is 1. The summed E-state index contributed by atoms with van der Waals surface area (Å²) in [6.07, 6.45) is 0.620. The van der Waals surface area contributed by atoms with Crippen molar-refractivity contribution in [1.29, 1.82) is 0 Å². The number of carbonyl (C=O) groups is 8. The van der Waals surface area contributed by atoms with Gasteiger partial charge in [-0.2, -0.15) is 0 Å². The number of para-hydroxylation sites is 1. The molecule has 3 atom stereocenters. The van der Waals surface area contributed by atoms with Gasteiger partial charge in [-0.3, -0.25) is 33.6 Å². The highest BCUT2D eigenvalue weighted by atomic mass is 16.7. The highest BCUT2D eigenvalue weighted by Gasteiger charge is 2.40. The molecule has 2 aromatic rings. The average Bonchev–Trinajstić information content (AvgIpc) is 3.78. The molecule has 1 unspecified atom stereocenters. The summed E-state index contributed by atoms with van der Waals surface area (Å²) in [6.45, 7) is 3.78. The van der Waals surface area contributed by atoms with Crippen molar-refractivity contribution >= 4 is 52.9 Å². The molecule has 3 aliphatic rings. The minimum atomic E-state index is -1.16. The van der Waals surface area contributed by atoms with Crippen molar-refractivity contribution in [3.63, 3.8) is 0 Å². The molecule has 2 aromatic carbocycles. The number of imide groups is 1. The van der Waals surface area contributed by atoms with Crippen molar-refractivity contribution in [3.05, 3.63) is 65.2 Å². The predicted octanol–water partition coefficient (Wildman–Crippen LogP) is 2.31. The highest BCUT2D eigenvalue weighted by Crippen LogP contribution is 2.26. The number of nitrogens with one attached hydrogen (secondary N) is 2. The Bertz CT molecular complexity index is 1850. The Balaban J connectivity index is 1.08. The zero-order valence-electron chi connectivity index (χ0n) is 29.9. The van der Waals surface area contributed by atoms with E-state index < -0.39 is 59.3 Å². The van der Waals surface area contributed by atoms with Crippen LogP contribution in [0.4, 0.5) is 5.69 Å². The Kier molecular flexibility index (Phi) is 12.7. The molecule has 0 radical (unpaired) electrons. The lowest BCUT2D eigenvalue weighted by Crippen LogP contribution is -2.54. The predicted molar refractivity (Wildman–Crippen MR) is 190 cm³/mol. The topological polar surface area (TPSA) is 180 Å². The molecule has 53 heavy (non-hydrogen) atoms. The van der Waals surface area contributed by atoms with E-state index in [4.69, 9.17) is 4.84 Å². The van der Waals surface area contributed by atoms with Crippen LogP contribution in [0.1, 0.15) is 88.3 Å². The van der Waals surface area contributed by atoms with Crippen LogP contribution in [0, 0.1) is 17.8 Å². The van der Waals surface area contributed by atoms with Gasteiger partial charge in [0.25, 0.3) is 11.8 Å². The van der Waals surface area contributed by atoms with Crippen LogP contribution in [0.25, 0.3) is 0 Å². The maximum atomic E-state index is 13.4. The van der Waals surface area contributed by atoms with Crippen molar-refractivity contribution in [2.24, 2.45) is 5.92 Å². The molecule has 2 N–H and O–H groups in total. The molecule has 0 spiro atoms. The van der Waals surface area contributed by atoms with Crippen LogP contribution in [0.5, 0.6) is 0 Å². The second-order valence-electron chi connectivity index (χ2n) is 13.3. The summed E-state index contributed by atoms with van der Waals surface area (Å²) in [5, 5.41) is 5.62. The molecule has 0 bridgehead atoms. The number of nitrogens with zero attached hydrogens (tertiary/aromatic N) is 3. The summed E-state index contributed by atoms with van der Waals surface area (Å²) in [5.41, 5.74) is 3.07. The van der Waals surface area contributed by atoms with Crippen LogP contribution in [0.15, 0.2) is 48.5 Å². The van der Waals surface area contributed by atoms with E-state index in [2.05, 4.69) is 22.5 Å². The van der Waals surface area contributed by atoms with Crippen molar-refractivity contribution < 1.29 is 43.2 Å². The quantitative estimate of drug-likeness (QED) is 0.218. The molecule has 3 heterocycles. The second kappa shape index (κ2) is 17.6. The number of fused-ring (bicyclic) bond motifs is 2. The molecule has 3 aliphatic heterocycles. The van der Waals surface area contributed by atoms with Gasteiger partial charge in [-0.05, 0) is 42.5 Å². The maximum absolute atomic E-state index is 13.4. The van der Waals surface area contributed by atoms with Crippen LogP contribution in [0.3, 0.4) is 0 Å². The lowest BCUT2D eigenvalue weighted by atomic mass is 9.98. The number of amides is 6. The van der Waals surface area contributed by atoms with Gasteiger partial charge in [0, 0.05) is 56.2 Å². The molecule has 0 saturated carbocycles. The molecule has 0 aromatic heterocycles. The van der Waals surface area contributed by atoms with Gasteiger partial charge < -0.3 is 25.3 Å². The van der Waals surface area contributed by atoms with Crippen LogP contribution in [0.2, 0.25) is 0 Å². The van der Waals surface area contributed by atoms with Crippen LogP contribution in [-0.4, -0.2) is 82.3 Å². The average molecular weight is 726 g/mol. The number of anilines is 1. The number of hydrogen-bond acceptors (Lipinski definition) is 9. The lowest BCUT2D eigenvalue weighted by Gasteiger charge is -2.28. The molecule has 0 aliphatic carbocycles. The smallest absolute Gasteiger partial charge is 0.349 e. The first-order valence-electron chi connectivity index (χ1n) is 17.9. The lowest BCUT2D eigenvalue weighted by molar-refractivity contribution is -0.200. The van der Waals surface area contributed by atoms with E-state index in [1.807, 2.05) is 48.5 Å². The molecule has 14 heteroatoms. The second-order valence-corrected chi connectivity index (χ2v) is 13.3. The van der Waals surface area contributed by atoms with E-state index >= 15 is 0 Å². The number of benzene rings is 2. The van der Waals surface area contributed by atoms with E-state index in [9.17, 15) is 38.4 Å². The van der Waals surface area contributed by atoms with Gasteiger partial charge in [-0.1, -0.05) is 62.4 Å². The van der Waals surface area contributed by atoms with Gasteiger partial charge >= 0.3 is 5.97 Å². The molecule has 278 valence electrons. The molecule has 5 rings (SSSR count). The number of likely N-dealkylation sites (tertiary alicyclic amines) is 1. The fourth-order valence-electron chi connectivity index (χ4n) is 6.39. The van der Waals surface area contributed by atoms with E-state index in [0.717, 1.165) is 11.1 Å². The molecular formula is C39H43N5O9. The third kappa shape index (κ3) is 9.54. The van der Waals surface area contributed by atoms with E-state index in [1.54, 1.807) is 18.7 Å². The Morgan fingerprint density at radius 3 is 2.26 bits per heavy atom. The normalized spacial score (nSPS) is 17.3. The summed E-state index contributed by atoms with van der Waals surface area (Å²) in [4.78, 5) is 110. The molecule has 6 amide bonds. The first-order valence-corrected chi connectivity index (χ1v) is 17.9. The van der Waals surface area contributed by atoms with Gasteiger partial charge in [0.15, 0.2) is 5.78 Å². The number of Topliss-reactive ketones (excluding diaryl/α,β-unsaturated/α-hetero) is 1. The van der Waals surface area contributed by atoms with E-state index in [1.165, 1.54) is 4.90 Å². The zero-order chi connectivity index (χ0) is 38.1. The minimum absolute atomic E-state index is 0.0665. The first kappa shape index (κ1) is 38.4. The minimum Gasteiger partial charge on any atom is -0.349 e. The van der Waals surface area contributed by atoms with Gasteiger partial charge in [0.2, 0.25) is 23.6 Å². The Morgan fingerprint density at radius 2 is 1.53 bits per heavy atom. The fraction of sp³-hybridized carbons (Fsp3) is 0.436. The maximum Gasteiger partial charge on any atom is 0.355 e. The third-order valence-electron chi connectivity index (χ3n) is 9.67. The molecule has 2 saturated heterocycles. The van der Waals surface area contributed by atoms with Crippen LogP contribution >= 0.6 is 0 Å². The fourth-order valence-corrected chi connectivity index (χ4v) is 6.39. The summed E-state index contributed by atoms with van der Waals surface area (Å²) in [5.74, 6) is 1.52. The zero-order valence-corrected chi connectivity index (χ0v) is 29.9. The SMILES string of the molecule is CC[C@H](C)C(NC(=O)[C@@H]1CCCN1C(=O)CCC(=O)CNC(=O)CCC(=O)N1Cc2ccccc2C#Cc2ccccc21)C(=O)ON1C(=O)CCC1=O. The third-order valence-corrected chi connectivity index (χ3v) is 9.67. The largest absolute Gasteiger partial charge is 0.355 e. The van der Waals surface area contributed by atoms with Crippen molar-refractivity contribution in [1.82, 2.24) is 20.6 Å². The Morgan fingerprint density at radius 1 is 0.868 bits per heavy atom. The number of rotatable bonds is 14. The van der Waals surface area contributed by atoms with Crippen LogP contribution in [-0.2, 0) is 49.7 Å². The summed E-state index contributed by atoms with van der Waals surface area (Å²) in [7, 11) is 0. The molecule has 14 nitrogen and oxygen atoms in total. The number of hydrogen-bond donors (Lipinski definition) is 2. The highest BCUT2D eigenvalue weighted by molar-refractivity contribution is 6.02. The van der Waals surface area contributed by atoms with Crippen molar-refractivity contribution in [3.8, 4) is 11.8 Å². The summed E-state index contributed by atoms with van der Waals surface area (Å²) in [6, 6.07) is 12.9. The standard InChI is InChI=1S/C39H43N5O9/c1-3-25(2)37(39(52)53-44-35(49)20-21-36(44)50)41-38(51)31-13-8-22-42(31)33(47)18-16-29(45)23-40-32(46)17-19-34(48)43-24-28-11-5-4-9-26(28)14-15-27-10-6-7-12-30(27)43/h4-7,9-12,25,31,37H,3,8,13,16-24H2,1-2H3,(H,40,46)(H,41,51)/t25-,31-,37?/m0/s1. The van der Waals surface area contributed by atoms with E-state index in [-0.39, 0.29) is 57.5 Å². The summed E-state index contributed by atoms with van der Waals surface area (Å²) < 4.78 is 0. The van der Waals surface area contributed by atoms with Gasteiger partial charge in [-0.25, -0.2) is 4.79 Å². The van der Waals surface area contributed by atoms with Crippen molar-refractivity contribution in [2.75, 3.05) is 18.0 Å². The van der Waals surface area contributed by atoms with Gasteiger partial charge in [0.1, 0.15) is 12.1 Å². The van der Waals surface area contributed by atoms with E-state index in [0.29, 0.717) is 42.1 Å². The van der Waals surface area contributed by atoms with Gasteiger partial charge in [0.05, 0.1) is 18.8 Å². The van der Waals surface area contributed by atoms with Gasteiger partial charge in [-0.15, -0.1) is 5.06 Å². The van der Waals surface area contributed by atoms with Crippen LogP contribution < -0.4 is 15.5 Å². The Labute approximate surface area is 307 Å². The monoisotopic (exact) mass is 725 g/mol. The number of carbonyl (C=O) groups excluding carboxylic acids is 8.